The highest BCUT2D eigenvalue weighted by atomic mass is 19.2. The molecule has 1 aliphatic heterocycles. The molecule has 0 saturated carbocycles. The van der Waals surface area contributed by atoms with Crippen molar-refractivity contribution in [3.05, 3.63) is 29.6 Å². The molecule has 2 rings (SSSR count). The van der Waals surface area contributed by atoms with Crippen molar-refractivity contribution in [2.75, 3.05) is 38.1 Å². The van der Waals surface area contributed by atoms with Gasteiger partial charge in [0.15, 0.2) is 17.5 Å². The number of carbonyl (C=O) groups excluding carboxylic acids is 2. The molecule has 2 N–H and O–H groups in total. The van der Waals surface area contributed by atoms with Gasteiger partial charge >= 0.3 is 0 Å². The molecule has 25 heavy (non-hydrogen) atoms. The minimum absolute atomic E-state index is 0.312. The fraction of sp³-hybridized carbons (Fsp3) is 0.500. The van der Waals surface area contributed by atoms with E-state index in [-0.39, 0.29) is 12.5 Å². The van der Waals surface area contributed by atoms with Crippen molar-refractivity contribution in [1.82, 2.24) is 10.2 Å². The van der Waals surface area contributed by atoms with E-state index in [9.17, 15) is 22.8 Å². The number of nitrogens with zero attached hydrogens (tertiary/aromatic N) is 1. The van der Waals surface area contributed by atoms with Crippen molar-refractivity contribution in [1.29, 1.82) is 0 Å². The second-order valence-electron chi connectivity index (χ2n) is 5.59. The fourth-order valence-electron chi connectivity index (χ4n) is 2.45. The summed E-state index contributed by atoms with van der Waals surface area (Å²) < 4.78 is 45.1. The first-order chi connectivity index (χ1) is 11.9. The van der Waals surface area contributed by atoms with Crippen LogP contribution in [0.4, 0.5) is 18.9 Å². The third-order valence-corrected chi connectivity index (χ3v) is 3.65. The van der Waals surface area contributed by atoms with Gasteiger partial charge in [0.2, 0.25) is 5.91 Å². The van der Waals surface area contributed by atoms with E-state index in [4.69, 9.17) is 4.74 Å². The van der Waals surface area contributed by atoms with Crippen LogP contribution in [0.25, 0.3) is 0 Å². The van der Waals surface area contributed by atoms with Gasteiger partial charge in [-0.3, -0.25) is 9.59 Å². The standard InChI is InChI=1S/C16H20F3N3O3/c1-2-6-22(16(24)12-8-20-5-7-25-12)9-13(23)21-11-4-3-10(17)14(18)15(11)19/h3-4,12,20H,2,5-9H2,1H3,(H,21,23). The molecular formula is C16H20F3N3O3. The SMILES string of the molecule is CCCN(CC(=O)Nc1ccc(F)c(F)c1F)C(=O)C1CNCCO1. The number of benzene rings is 1. The van der Waals surface area contributed by atoms with Crippen molar-refractivity contribution in [3.8, 4) is 0 Å². The first-order valence-corrected chi connectivity index (χ1v) is 7.98. The quantitative estimate of drug-likeness (QED) is 0.751. The van der Waals surface area contributed by atoms with Crippen LogP contribution in [0, 0.1) is 17.5 Å². The van der Waals surface area contributed by atoms with Crippen LogP contribution in [0.1, 0.15) is 13.3 Å². The predicted molar refractivity (Wildman–Crippen MR) is 84.4 cm³/mol. The lowest BCUT2D eigenvalue weighted by Gasteiger charge is -2.29. The second-order valence-corrected chi connectivity index (χ2v) is 5.59. The molecule has 6 nitrogen and oxygen atoms in total. The van der Waals surface area contributed by atoms with Crippen LogP contribution in [0.3, 0.4) is 0 Å². The van der Waals surface area contributed by atoms with E-state index in [0.717, 1.165) is 6.07 Å². The van der Waals surface area contributed by atoms with Crippen LogP contribution in [-0.4, -0.2) is 55.6 Å². The van der Waals surface area contributed by atoms with Crippen LogP contribution < -0.4 is 10.6 Å². The average molecular weight is 359 g/mol. The largest absolute Gasteiger partial charge is 0.366 e. The van der Waals surface area contributed by atoms with Gasteiger partial charge in [-0.15, -0.1) is 0 Å². The molecule has 1 atom stereocenters. The van der Waals surface area contributed by atoms with Gasteiger partial charge in [0, 0.05) is 19.6 Å². The molecule has 9 heteroatoms. The highest BCUT2D eigenvalue weighted by Gasteiger charge is 2.28. The number of carbonyl (C=O) groups is 2. The zero-order chi connectivity index (χ0) is 18.4. The van der Waals surface area contributed by atoms with E-state index in [1.807, 2.05) is 6.92 Å². The number of anilines is 1. The molecule has 0 aliphatic carbocycles. The van der Waals surface area contributed by atoms with Gasteiger partial charge in [0.1, 0.15) is 6.10 Å². The molecule has 1 saturated heterocycles. The Hall–Kier alpha value is -2.13. The van der Waals surface area contributed by atoms with Crippen molar-refractivity contribution in [3.63, 3.8) is 0 Å². The number of rotatable bonds is 6. The number of hydrogen-bond acceptors (Lipinski definition) is 4. The Balaban J connectivity index is 2.02. The number of morpholine rings is 1. The van der Waals surface area contributed by atoms with Gasteiger partial charge in [-0.05, 0) is 18.6 Å². The lowest BCUT2D eigenvalue weighted by atomic mass is 10.2. The van der Waals surface area contributed by atoms with Crippen molar-refractivity contribution >= 4 is 17.5 Å². The molecule has 1 aliphatic rings. The monoisotopic (exact) mass is 359 g/mol. The Labute approximate surface area is 143 Å². The Morgan fingerprint density at radius 3 is 2.72 bits per heavy atom. The van der Waals surface area contributed by atoms with Crippen molar-refractivity contribution in [2.45, 2.75) is 19.4 Å². The number of ether oxygens (including phenoxy) is 1. The minimum Gasteiger partial charge on any atom is -0.366 e. The van der Waals surface area contributed by atoms with Gasteiger partial charge in [-0.25, -0.2) is 13.2 Å². The molecule has 0 spiro atoms. The number of nitrogens with one attached hydrogen (secondary N) is 2. The summed E-state index contributed by atoms with van der Waals surface area (Å²) in [6.07, 6.45) is -0.0771. The highest BCUT2D eigenvalue weighted by Crippen LogP contribution is 2.19. The smallest absolute Gasteiger partial charge is 0.253 e. The second kappa shape index (κ2) is 8.82. The van der Waals surface area contributed by atoms with Crippen LogP contribution >= 0.6 is 0 Å². The van der Waals surface area contributed by atoms with Gasteiger partial charge < -0.3 is 20.3 Å². The Kier molecular flexibility index (Phi) is 6.77. The third kappa shape index (κ3) is 4.93. The van der Waals surface area contributed by atoms with E-state index < -0.39 is 35.2 Å². The summed E-state index contributed by atoms with van der Waals surface area (Å²) in [6, 6.07) is 1.64. The first-order valence-electron chi connectivity index (χ1n) is 7.98. The molecule has 1 fully saturated rings. The summed E-state index contributed by atoms with van der Waals surface area (Å²) >= 11 is 0. The normalized spacial score (nSPS) is 17.2. The highest BCUT2D eigenvalue weighted by molar-refractivity contribution is 5.95. The third-order valence-electron chi connectivity index (χ3n) is 3.65. The first kappa shape index (κ1) is 19.2. The Morgan fingerprint density at radius 2 is 2.08 bits per heavy atom. The summed E-state index contributed by atoms with van der Waals surface area (Å²) in [5, 5.41) is 5.18. The van der Waals surface area contributed by atoms with E-state index in [1.54, 1.807) is 0 Å². The van der Waals surface area contributed by atoms with Gasteiger partial charge in [0.25, 0.3) is 5.91 Å². The maximum atomic E-state index is 13.6. The van der Waals surface area contributed by atoms with E-state index >= 15 is 0 Å². The molecule has 0 bridgehead atoms. The summed E-state index contributed by atoms with van der Waals surface area (Å²) in [4.78, 5) is 25.8. The maximum absolute atomic E-state index is 13.6. The van der Waals surface area contributed by atoms with E-state index in [0.29, 0.717) is 38.7 Å². The summed E-state index contributed by atoms with van der Waals surface area (Å²) in [5.41, 5.74) is -0.483. The molecular weight excluding hydrogens is 339 g/mol. The summed E-state index contributed by atoms with van der Waals surface area (Å²) in [5.74, 6) is -5.56. The van der Waals surface area contributed by atoms with Gasteiger partial charge in [-0.2, -0.15) is 0 Å². The molecule has 1 aromatic rings. The van der Waals surface area contributed by atoms with Gasteiger partial charge in [0.05, 0.1) is 18.8 Å². The Bertz CT molecular complexity index is 637. The maximum Gasteiger partial charge on any atom is 0.253 e. The molecule has 0 radical (unpaired) electrons. The minimum atomic E-state index is -1.67. The zero-order valence-corrected chi connectivity index (χ0v) is 13.8. The topological polar surface area (TPSA) is 70.7 Å². The van der Waals surface area contributed by atoms with E-state index in [1.165, 1.54) is 4.90 Å². The van der Waals surface area contributed by atoms with Crippen LogP contribution in [-0.2, 0) is 14.3 Å². The molecule has 1 aromatic carbocycles. The fourth-order valence-corrected chi connectivity index (χ4v) is 2.45. The molecule has 2 amide bonds. The number of amides is 2. The molecule has 1 unspecified atom stereocenters. The molecule has 0 aromatic heterocycles. The number of halogens is 3. The Morgan fingerprint density at radius 1 is 1.32 bits per heavy atom. The lowest BCUT2D eigenvalue weighted by Crippen LogP contribution is -2.51. The van der Waals surface area contributed by atoms with Crippen molar-refractivity contribution in [2.24, 2.45) is 0 Å². The van der Waals surface area contributed by atoms with Crippen molar-refractivity contribution < 1.29 is 27.5 Å². The predicted octanol–water partition coefficient (Wildman–Crippen LogP) is 1.27. The number of hydrogen-bond donors (Lipinski definition) is 2. The van der Waals surface area contributed by atoms with Crippen LogP contribution in [0.5, 0.6) is 0 Å². The van der Waals surface area contributed by atoms with E-state index in [2.05, 4.69) is 10.6 Å². The summed E-state index contributed by atoms with van der Waals surface area (Å²) in [7, 11) is 0. The molecule has 138 valence electrons. The average Bonchev–Trinajstić information content (AvgIpc) is 2.62. The van der Waals surface area contributed by atoms with Crippen LogP contribution in [0.15, 0.2) is 12.1 Å². The summed E-state index contributed by atoms with van der Waals surface area (Å²) in [6.45, 7) is 3.19. The van der Waals surface area contributed by atoms with Crippen LogP contribution in [0.2, 0.25) is 0 Å². The molecule has 1 heterocycles. The zero-order valence-electron chi connectivity index (χ0n) is 13.8. The van der Waals surface area contributed by atoms with Gasteiger partial charge in [-0.1, -0.05) is 6.92 Å². The lowest BCUT2D eigenvalue weighted by molar-refractivity contribution is -0.147.